The summed E-state index contributed by atoms with van der Waals surface area (Å²) in [5.74, 6) is 1.59. The zero-order valence-corrected chi connectivity index (χ0v) is 12.2. The molecule has 2 aliphatic rings. The highest BCUT2D eigenvalue weighted by Gasteiger charge is 2.40. The Hall–Kier alpha value is -0.950. The molecule has 19 heavy (non-hydrogen) atoms. The lowest BCUT2D eigenvalue weighted by atomic mass is 10.0. The number of thioether (sulfide) groups is 1. The molecule has 0 saturated carbocycles. The summed E-state index contributed by atoms with van der Waals surface area (Å²) in [7, 11) is 0. The van der Waals surface area contributed by atoms with Crippen molar-refractivity contribution in [3.8, 4) is 0 Å². The molecule has 2 aliphatic heterocycles. The molecular weight excluding hydrogens is 264 g/mol. The molecule has 7 heteroatoms. The Morgan fingerprint density at radius 1 is 1.42 bits per heavy atom. The molecule has 0 aromatic rings. The number of hydrogen-bond acceptors (Lipinski definition) is 5. The van der Waals surface area contributed by atoms with E-state index in [0.29, 0.717) is 6.54 Å². The molecule has 0 aromatic carbocycles. The second kappa shape index (κ2) is 6.00. The Labute approximate surface area is 118 Å². The van der Waals surface area contributed by atoms with Gasteiger partial charge in [-0.3, -0.25) is 9.69 Å². The number of amides is 1. The molecule has 2 rings (SSSR count). The van der Waals surface area contributed by atoms with Gasteiger partial charge in [-0.05, 0) is 25.5 Å². The normalized spacial score (nSPS) is 29.7. The van der Waals surface area contributed by atoms with E-state index in [1.54, 1.807) is 11.8 Å². The zero-order valence-electron chi connectivity index (χ0n) is 11.3. The molecule has 108 valence electrons. The standard InChI is InChI=1S/C12H22N4O2S/c1-12(3-2-8-19-12)11(17)16-6-4-15(5-7-16)9-10(13)14-18/h18H,2-9H2,1H3,(H2,13,14). The van der Waals surface area contributed by atoms with Crippen molar-refractivity contribution in [2.75, 3.05) is 38.5 Å². The summed E-state index contributed by atoms with van der Waals surface area (Å²) in [5.41, 5.74) is 5.49. The van der Waals surface area contributed by atoms with Gasteiger partial charge in [0, 0.05) is 26.2 Å². The number of rotatable bonds is 3. The third-order valence-corrected chi connectivity index (χ3v) is 5.35. The highest BCUT2D eigenvalue weighted by atomic mass is 32.2. The van der Waals surface area contributed by atoms with Gasteiger partial charge >= 0.3 is 0 Å². The van der Waals surface area contributed by atoms with E-state index in [1.807, 2.05) is 4.90 Å². The number of hydrogen-bond donors (Lipinski definition) is 2. The van der Waals surface area contributed by atoms with Crippen molar-refractivity contribution in [1.82, 2.24) is 9.80 Å². The zero-order chi connectivity index (χ0) is 13.9. The maximum Gasteiger partial charge on any atom is 0.238 e. The van der Waals surface area contributed by atoms with Crippen LogP contribution in [0.2, 0.25) is 0 Å². The summed E-state index contributed by atoms with van der Waals surface area (Å²) in [6.45, 7) is 5.55. The van der Waals surface area contributed by atoms with E-state index in [0.717, 1.165) is 44.8 Å². The van der Waals surface area contributed by atoms with Crippen molar-refractivity contribution in [2.24, 2.45) is 10.9 Å². The van der Waals surface area contributed by atoms with Crippen LogP contribution in [0.4, 0.5) is 0 Å². The van der Waals surface area contributed by atoms with E-state index in [4.69, 9.17) is 10.9 Å². The molecule has 1 amide bonds. The largest absolute Gasteiger partial charge is 0.409 e. The van der Waals surface area contributed by atoms with Gasteiger partial charge in [0.25, 0.3) is 0 Å². The minimum atomic E-state index is -0.215. The lowest BCUT2D eigenvalue weighted by Crippen LogP contribution is -2.54. The van der Waals surface area contributed by atoms with Crippen LogP contribution in [0.5, 0.6) is 0 Å². The van der Waals surface area contributed by atoms with Gasteiger partial charge in [-0.2, -0.15) is 0 Å². The highest BCUT2D eigenvalue weighted by Crippen LogP contribution is 2.39. The highest BCUT2D eigenvalue weighted by molar-refractivity contribution is 8.01. The number of oxime groups is 1. The van der Waals surface area contributed by atoms with E-state index in [9.17, 15) is 4.79 Å². The lowest BCUT2D eigenvalue weighted by molar-refractivity contribution is -0.135. The Balaban J connectivity index is 1.84. The third-order valence-electron chi connectivity index (χ3n) is 3.84. The smallest absolute Gasteiger partial charge is 0.238 e. The van der Waals surface area contributed by atoms with Gasteiger partial charge in [-0.1, -0.05) is 5.16 Å². The van der Waals surface area contributed by atoms with Crippen LogP contribution in [-0.2, 0) is 4.79 Å². The maximum absolute atomic E-state index is 12.5. The molecule has 2 fully saturated rings. The number of nitrogens with zero attached hydrogens (tertiary/aromatic N) is 3. The van der Waals surface area contributed by atoms with Crippen LogP contribution < -0.4 is 5.73 Å². The van der Waals surface area contributed by atoms with E-state index in [2.05, 4.69) is 17.0 Å². The lowest BCUT2D eigenvalue weighted by Gasteiger charge is -2.38. The van der Waals surface area contributed by atoms with Gasteiger partial charge in [0.05, 0.1) is 11.3 Å². The van der Waals surface area contributed by atoms with Crippen molar-refractivity contribution < 1.29 is 10.0 Å². The fraction of sp³-hybridized carbons (Fsp3) is 0.833. The molecule has 2 heterocycles. The summed E-state index contributed by atoms with van der Waals surface area (Å²) in [4.78, 5) is 16.6. The van der Waals surface area contributed by atoms with Gasteiger partial charge in [0.1, 0.15) is 0 Å². The minimum absolute atomic E-state index is 0.215. The quantitative estimate of drug-likeness (QED) is 0.334. The molecule has 0 spiro atoms. The Bertz CT molecular complexity index is 361. The molecule has 1 atom stereocenters. The van der Waals surface area contributed by atoms with E-state index < -0.39 is 0 Å². The average molecular weight is 286 g/mol. The van der Waals surface area contributed by atoms with E-state index in [1.165, 1.54) is 0 Å². The Morgan fingerprint density at radius 2 is 2.11 bits per heavy atom. The summed E-state index contributed by atoms with van der Waals surface area (Å²) >= 11 is 1.78. The van der Waals surface area contributed by atoms with Gasteiger partial charge < -0.3 is 15.8 Å². The molecule has 3 N–H and O–H groups in total. The first-order chi connectivity index (χ1) is 9.05. The van der Waals surface area contributed by atoms with Crippen molar-refractivity contribution in [3.05, 3.63) is 0 Å². The molecule has 0 aromatic heterocycles. The average Bonchev–Trinajstić information content (AvgIpc) is 2.87. The first-order valence-corrected chi connectivity index (χ1v) is 7.66. The van der Waals surface area contributed by atoms with Crippen LogP contribution in [0.1, 0.15) is 19.8 Å². The fourth-order valence-electron chi connectivity index (χ4n) is 2.65. The van der Waals surface area contributed by atoms with Crippen LogP contribution in [0.3, 0.4) is 0 Å². The molecule has 1 unspecified atom stereocenters. The van der Waals surface area contributed by atoms with Crippen LogP contribution in [0.15, 0.2) is 5.16 Å². The molecule has 6 nitrogen and oxygen atoms in total. The van der Waals surface area contributed by atoms with Crippen molar-refractivity contribution in [3.63, 3.8) is 0 Å². The van der Waals surface area contributed by atoms with Crippen LogP contribution in [0.25, 0.3) is 0 Å². The molecule has 2 saturated heterocycles. The molecule has 0 aliphatic carbocycles. The number of carbonyl (C=O) groups excluding carboxylic acids is 1. The van der Waals surface area contributed by atoms with Gasteiger partial charge in [0.2, 0.25) is 5.91 Å². The summed E-state index contributed by atoms with van der Waals surface area (Å²) < 4.78 is -0.215. The Morgan fingerprint density at radius 3 is 2.63 bits per heavy atom. The topological polar surface area (TPSA) is 82.2 Å². The van der Waals surface area contributed by atoms with Crippen molar-refractivity contribution in [1.29, 1.82) is 0 Å². The first kappa shape index (κ1) is 14.5. The van der Waals surface area contributed by atoms with Crippen LogP contribution in [0, 0.1) is 0 Å². The minimum Gasteiger partial charge on any atom is -0.409 e. The fourth-order valence-corrected chi connectivity index (χ4v) is 3.93. The van der Waals surface area contributed by atoms with Crippen molar-refractivity contribution in [2.45, 2.75) is 24.5 Å². The maximum atomic E-state index is 12.5. The molecule has 0 radical (unpaired) electrons. The predicted octanol–water partition coefficient (Wildman–Crippen LogP) is 0.163. The van der Waals surface area contributed by atoms with Crippen LogP contribution in [-0.4, -0.2) is 70.0 Å². The molecular formula is C12H22N4O2S. The van der Waals surface area contributed by atoms with Gasteiger partial charge in [0.15, 0.2) is 5.84 Å². The van der Waals surface area contributed by atoms with Gasteiger partial charge in [-0.15, -0.1) is 11.8 Å². The third kappa shape index (κ3) is 3.33. The number of amidine groups is 1. The monoisotopic (exact) mass is 286 g/mol. The van der Waals surface area contributed by atoms with E-state index in [-0.39, 0.29) is 16.5 Å². The second-order valence-corrected chi connectivity index (χ2v) is 6.94. The van der Waals surface area contributed by atoms with E-state index >= 15 is 0 Å². The Kier molecular flexibility index (Phi) is 4.57. The van der Waals surface area contributed by atoms with Crippen molar-refractivity contribution >= 4 is 23.5 Å². The number of piperazine rings is 1. The number of carbonyl (C=O) groups is 1. The SMILES string of the molecule is CC1(C(=O)N2CCN(CC(N)=NO)CC2)CCCS1. The van der Waals surface area contributed by atoms with Gasteiger partial charge in [-0.25, -0.2) is 0 Å². The summed E-state index contributed by atoms with van der Waals surface area (Å²) in [6.07, 6.45) is 2.12. The first-order valence-electron chi connectivity index (χ1n) is 6.67. The molecule has 0 bridgehead atoms. The summed E-state index contributed by atoms with van der Waals surface area (Å²) in [5, 5.41) is 11.5. The predicted molar refractivity (Wildman–Crippen MR) is 76.5 cm³/mol. The summed E-state index contributed by atoms with van der Waals surface area (Å²) in [6, 6.07) is 0. The van der Waals surface area contributed by atoms with Crippen LogP contribution >= 0.6 is 11.8 Å². The second-order valence-electron chi connectivity index (χ2n) is 5.34. The number of nitrogens with two attached hydrogens (primary N) is 1.